The van der Waals surface area contributed by atoms with E-state index in [1.807, 2.05) is 0 Å². The van der Waals surface area contributed by atoms with E-state index in [-0.39, 0.29) is 11.9 Å². The van der Waals surface area contributed by atoms with Gasteiger partial charge in [0.15, 0.2) is 17.4 Å². The van der Waals surface area contributed by atoms with Crippen LogP contribution in [0.5, 0.6) is 5.75 Å². The first-order valence-corrected chi connectivity index (χ1v) is 7.96. The van der Waals surface area contributed by atoms with E-state index in [9.17, 15) is 8.78 Å². The van der Waals surface area contributed by atoms with E-state index in [1.54, 1.807) is 0 Å². The van der Waals surface area contributed by atoms with Gasteiger partial charge in [0.2, 0.25) is 0 Å². The largest absolute Gasteiger partial charge is 0.484 e. The van der Waals surface area contributed by atoms with Crippen LogP contribution in [0.2, 0.25) is 0 Å². The minimum atomic E-state index is -0.604. The van der Waals surface area contributed by atoms with E-state index in [0.717, 1.165) is 25.7 Å². The molecule has 1 nitrogen and oxygen atoms in total. The lowest BCUT2D eigenvalue weighted by Crippen LogP contribution is -2.25. The minimum absolute atomic E-state index is 0.0579. The van der Waals surface area contributed by atoms with Gasteiger partial charge in [-0.2, -0.15) is 0 Å². The summed E-state index contributed by atoms with van der Waals surface area (Å²) < 4.78 is 33.3. The van der Waals surface area contributed by atoms with Crippen molar-refractivity contribution < 1.29 is 13.5 Å². The molecule has 1 aromatic carbocycles. The van der Waals surface area contributed by atoms with Crippen molar-refractivity contribution in [3.05, 3.63) is 29.3 Å². The summed E-state index contributed by atoms with van der Waals surface area (Å²) in [5.41, 5.74) is 0.581. The molecular weight excluding hydrogens is 314 g/mol. The van der Waals surface area contributed by atoms with Crippen LogP contribution >= 0.6 is 15.9 Å². The number of alkyl halides is 1. The van der Waals surface area contributed by atoms with Gasteiger partial charge in [0.05, 0.1) is 6.10 Å². The van der Waals surface area contributed by atoms with Gasteiger partial charge in [-0.1, -0.05) is 35.7 Å². The second kappa shape index (κ2) is 6.69. The van der Waals surface area contributed by atoms with E-state index < -0.39 is 11.6 Å². The Hall–Kier alpha value is -0.640. The number of hydrogen-bond acceptors (Lipinski definition) is 1. The molecule has 2 unspecified atom stereocenters. The van der Waals surface area contributed by atoms with Crippen molar-refractivity contribution in [3.63, 3.8) is 0 Å². The molecule has 0 aliphatic heterocycles. The van der Waals surface area contributed by atoms with Gasteiger partial charge in [0, 0.05) is 5.33 Å². The standard InChI is InChI=1S/C15H19BrF2O/c1-2-10-4-3-5-12(6-10)19-15-13(17)7-11(9-16)8-14(15)18/h7-8,10,12H,2-6,9H2,1H3. The average Bonchev–Trinajstić information content (AvgIpc) is 2.42. The van der Waals surface area contributed by atoms with Gasteiger partial charge in [-0.15, -0.1) is 0 Å². The summed E-state index contributed by atoms with van der Waals surface area (Å²) in [5, 5.41) is 0.433. The van der Waals surface area contributed by atoms with Gasteiger partial charge >= 0.3 is 0 Å². The lowest BCUT2D eigenvalue weighted by Gasteiger charge is -2.29. The summed E-state index contributed by atoms with van der Waals surface area (Å²) in [6, 6.07) is 2.65. The van der Waals surface area contributed by atoms with E-state index >= 15 is 0 Å². The Labute approximate surface area is 121 Å². The van der Waals surface area contributed by atoms with Crippen molar-refractivity contribution >= 4 is 15.9 Å². The van der Waals surface area contributed by atoms with Gasteiger partial charge in [-0.3, -0.25) is 0 Å². The molecule has 0 N–H and O–H groups in total. The van der Waals surface area contributed by atoms with Crippen LogP contribution in [-0.4, -0.2) is 6.10 Å². The van der Waals surface area contributed by atoms with E-state index in [4.69, 9.17) is 4.74 Å². The highest BCUT2D eigenvalue weighted by Gasteiger charge is 2.24. The Kier molecular flexibility index (Phi) is 5.20. The molecule has 0 heterocycles. The quantitative estimate of drug-likeness (QED) is 0.688. The maximum Gasteiger partial charge on any atom is 0.191 e. The van der Waals surface area contributed by atoms with Crippen molar-refractivity contribution in [1.82, 2.24) is 0 Å². The van der Waals surface area contributed by atoms with Crippen molar-refractivity contribution in [3.8, 4) is 5.75 Å². The van der Waals surface area contributed by atoms with Crippen LogP contribution in [0, 0.1) is 17.6 Å². The van der Waals surface area contributed by atoms with Gasteiger partial charge in [-0.05, 0) is 42.9 Å². The Morgan fingerprint density at radius 3 is 2.53 bits per heavy atom. The van der Waals surface area contributed by atoms with Crippen molar-refractivity contribution in [2.45, 2.75) is 50.5 Å². The fourth-order valence-corrected chi connectivity index (χ4v) is 3.01. The first-order chi connectivity index (χ1) is 9.13. The summed E-state index contributed by atoms with van der Waals surface area (Å²) in [4.78, 5) is 0. The molecule has 19 heavy (non-hydrogen) atoms. The first kappa shape index (κ1) is 14.8. The lowest BCUT2D eigenvalue weighted by molar-refractivity contribution is 0.112. The molecule has 4 heteroatoms. The molecule has 0 radical (unpaired) electrons. The van der Waals surface area contributed by atoms with Crippen molar-refractivity contribution in [2.24, 2.45) is 5.92 Å². The third-order valence-corrected chi connectivity index (χ3v) is 4.46. The fourth-order valence-electron chi connectivity index (χ4n) is 2.69. The number of hydrogen-bond donors (Lipinski definition) is 0. The topological polar surface area (TPSA) is 9.23 Å². The van der Waals surface area contributed by atoms with E-state index in [1.165, 1.54) is 18.6 Å². The number of ether oxygens (including phenoxy) is 1. The molecule has 0 bridgehead atoms. The summed E-state index contributed by atoms with van der Waals surface area (Å²) >= 11 is 3.19. The van der Waals surface area contributed by atoms with Gasteiger partial charge in [-0.25, -0.2) is 8.78 Å². The Morgan fingerprint density at radius 2 is 1.95 bits per heavy atom. The fraction of sp³-hybridized carbons (Fsp3) is 0.600. The second-order valence-electron chi connectivity index (χ2n) is 5.20. The summed E-state index contributed by atoms with van der Waals surface area (Å²) in [6.45, 7) is 2.15. The lowest BCUT2D eigenvalue weighted by atomic mass is 9.85. The van der Waals surface area contributed by atoms with Crippen LogP contribution in [0.25, 0.3) is 0 Å². The predicted octanol–water partition coefficient (Wildman–Crippen LogP) is 5.21. The maximum atomic E-state index is 13.8. The molecular formula is C15H19BrF2O. The Morgan fingerprint density at radius 1 is 1.26 bits per heavy atom. The highest BCUT2D eigenvalue weighted by Crippen LogP contribution is 2.32. The molecule has 0 spiro atoms. The molecule has 0 aromatic heterocycles. The summed E-state index contributed by atoms with van der Waals surface area (Å²) in [6.07, 6.45) is 5.10. The zero-order valence-electron chi connectivity index (χ0n) is 11.1. The van der Waals surface area contributed by atoms with Crippen molar-refractivity contribution in [1.29, 1.82) is 0 Å². The van der Waals surface area contributed by atoms with Gasteiger partial charge in [0.25, 0.3) is 0 Å². The molecule has 0 amide bonds. The maximum absolute atomic E-state index is 13.8. The number of benzene rings is 1. The summed E-state index contributed by atoms with van der Waals surface area (Å²) in [5.74, 6) is -0.806. The molecule has 1 saturated carbocycles. The second-order valence-corrected chi connectivity index (χ2v) is 5.76. The third kappa shape index (κ3) is 3.68. The summed E-state index contributed by atoms with van der Waals surface area (Å²) in [7, 11) is 0. The van der Waals surface area contributed by atoms with Gasteiger partial charge < -0.3 is 4.74 Å². The third-order valence-electron chi connectivity index (χ3n) is 3.81. The zero-order chi connectivity index (χ0) is 13.8. The zero-order valence-corrected chi connectivity index (χ0v) is 12.7. The average molecular weight is 333 g/mol. The molecule has 1 aliphatic rings. The molecule has 1 aliphatic carbocycles. The normalized spacial score (nSPS) is 23.4. The van der Waals surface area contributed by atoms with Crippen LogP contribution < -0.4 is 4.74 Å². The van der Waals surface area contributed by atoms with Crippen LogP contribution in [0.15, 0.2) is 12.1 Å². The number of rotatable bonds is 4. The predicted molar refractivity (Wildman–Crippen MR) is 75.7 cm³/mol. The van der Waals surface area contributed by atoms with Crippen LogP contribution in [-0.2, 0) is 5.33 Å². The molecule has 0 saturated heterocycles. The van der Waals surface area contributed by atoms with E-state index in [2.05, 4.69) is 22.9 Å². The van der Waals surface area contributed by atoms with Crippen LogP contribution in [0.4, 0.5) is 8.78 Å². The Bertz CT molecular complexity index is 413. The smallest absolute Gasteiger partial charge is 0.191 e. The highest BCUT2D eigenvalue weighted by molar-refractivity contribution is 9.08. The highest BCUT2D eigenvalue weighted by atomic mass is 79.9. The minimum Gasteiger partial charge on any atom is -0.484 e. The molecule has 2 atom stereocenters. The Balaban J connectivity index is 2.10. The van der Waals surface area contributed by atoms with Crippen LogP contribution in [0.1, 0.15) is 44.6 Å². The van der Waals surface area contributed by atoms with Crippen molar-refractivity contribution in [2.75, 3.05) is 0 Å². The molecule has 1 aromatic rings. The monoisotopic (exact) mass is 332 g/mol. The van der Waals surface area contributed by atoms with E-state index in [0.29, 0.717) is 16.8 Å². The molecule has 1 fully saturated rings. The van der Waals surface area contributed by atoms with Crippen LogP contribution in [0.3, 0.4) is 0 Å². The first-order valence-electron chi connectivity index (χ1n) is 6.84. The molecule has 106 valence electrons. The van der Waals surface area contributed by atoms with Gasteiger partial charge in [0.1, 0.15) is 0 Å². The SMILES string of the molecule is CCC1CCCC(Oc2c(F)cc(CBr)cc2F)C1. The number of halogens is 3. The molecule has 2 rings (SSSR count).